The molecule has 138 valence electrons. The molecule has 1 aliphatic heterocycles. The molecule has 0 spiro atoms. The number of hydrogen-bond acceptors (Lipinski definition) is 6. The fourth-order valence-corrected chi connectivity index (χ4v) is 3.22. The molecule has 3 heterocycles. The second-order valence-corrected chi connectivity index (χ2v) is 6.50. The van der Waals surface area contributed by atoms with Crippen LogP contribution < -0.4 is 10.2 Å². The Balaban J connectivity index is 2.05. The van der Waals surface area contributed by atoms with E-state index in [0.717, 1.165) is 18.1 Å². The Kier molecular flexibility index (Phi) is 5.38. The van der Waals surface area contributed by atoms with Crippen molar-refractivity contribution in [2.45, 2.75) is 45.2 Å². The molecule has 3 rings (SSSR count). The van der Waals surface area contributed by atoms with Crippen LogP contribution in [0.15, 0.2) is 18.3 Å². The normalized spacial score (nSPS) is 17.8. The number of ether oxygens (including phenoxy) is 1. The van der Waals surface area contributed by atoms with E-state index in [0.29, 0.717) is 37.8 Å². The Hall–Kier alpha value is -2.66. The van der Waals surface area contributed by atoms with Crippen molar-refractivity contribution >= 4 is 17.6 Å². The summed E-state index contributed by atoms with van der Waals surface area (Å²) in [5, 5.41) is 9.96. The summed E-state index contributed by atoms with van der Waals surface area (Å²) < 4.78 is 5.55. The number of morpholine rings is 1. The van der Waals surface area contributed by atoms with Crippen LogP contribution in [0.5, 0.6) is 0 Å². The summed E-state index contributed by atoms with van der Waals surface area (Å²) in [6, 6.07) is 4.00. The highest BCUT2D eigenvalue weighted by molar-refractivity contribution is 5.53. The molecule has 1 aliphatic rings. The van der Waals surface area contributed by atoms with Crippen molar-refractivity contribution in [2.24, 2.45) is 0 Å². The van der Waals surface area contributed by atoms with Crippen LogP contribution in [0.25, 0.3) is 4.85 Å². The van der Waals surface area contributed by atoms with Gasteiger partial charge in [0.05, 0.1) is 25.5 Å². The van der Waals surface area contributed by atoms with E-state index in [1.165, 1.54) is 0 Å². The van der Waals surface area contributed by atoms with Gasteiger partial charge in [-0.3, -0.25) is 5.10 Å². The minimum atomic E-state index is -0.641. The first-order chi connectivity index (χ1) is 12.6. The van der Waals surface area contributed by atoms with E-state index in [1.807, 2.05) is 26.0 Å². The number of aromatic amines is 1. The van der Waals surface area contributed by atoms with E-state index in [2.05, 4.69) is 37.2 Å². The molecule has 0 saturated carbocycles. The summed E-state index contributed by atoms with van der Waals surface area (Å²) in [6.45, 7) is 16.0. The maximum absolute atomic E-state index is 7.76. The van der Waals surface area contributed by atoms with E-state index in [9.17, 15) is 0 Å². The van der Waals surface area contributed by atoms with Gasteiger partial charge in [-0.2, -0.15) is 10.1 Å². The van der Waals surface area contributed by atoms with Gasteiger partial charge in [0, 0.05) is 31.5 Å². The van der Waals surface area contributed by atoms with Crippen molar-refractivity contribution in [3.05, 3.63) is 35.4 Å². The second-order valence-electron chi connectivity index (χ2n) is 6.50. The number of H-pyrrole nitrogens is 1. The standard InChI is InChI=1S/C18H25N7O/c1-5-18(6-2,19-4)14-11-16(25-9-10-26-12-13(25)3)23-17(21-14)22-15-7-8-20-24-15/h7-8,11,13H,5-6,9-10,12H2,1-3H3,(H2,20,21,22,23,24)/t13-/m1/s1. The minimum Gasteiger partial charge on any atom is -0.377 e. The lowest BCUT2D eigenvalue weighted by Crippen LogP contribution is -2.44. The van der Waals surface area contributed by atoms with Crippen LogP contribution in [-0.2, 0) is 10.3 Å². The SMILES string of the molecule is [C-]#[N+]C(CC)(CC)c1cc(N2CCOC[C@H]2C)nc(Nc2ccn[nH]2)n1. The molecule has 2 aromatic heterocycles. The Morgan fingerprint density at radius 1 is 1.42 bits per heavy atom. The number of aromatic nitrogens is 4. The molecule has 8 heteroatoms. The predicted octanol–water partition coefficient (Wildman–Crippen LogP) is 3.10. The van der Waals surface area contributed by atoms with Gasteiger partial charge in [0.15, 0.2) is 0 Å². The highest BCUT2D eigenvalue weighted by Crippen LogP contribution is 2.35. The average Bonchev–Trinajstić information content (AvgIpc) is 3.17. The van der Waals surface area contributed by atoms with Gasteiger partial charge in [0.1, 0.15) is 17.3 Å². The molecule has 0 unspecified atom stereocenters. The Bertz CT molecular complexity index is 764. The highest BCUT2D eigenvalue weighted by Gasteiger charge is 2.38. The van der Waals surface area contributed by atoms with Crippen molar-refractivity contribution < 1.29 is 4.74 Å². The topological polar surface area (TPSA) is 83.3 Å². The van der Waals surface area contributed by atoms with Crippen LogP contribution in [-0.4, -0.2) is 46.0 Å². The number of hydrogen-bond donors (Lipinski definition) is 2. The fourth-order valence-electron chi connectivity index (χ4n) is 3.22. The van der Waals surface area contributed by atoms with Gasteiger partial charge in [-0.1, -0.05) is 13.8 Å². The lowest BCUT2D eigenvalue weighted by atomic mass is 9.89. The Labute approximate surface area is 153 Å². The first kappa shape index (κ1) is 18.1. The van der Waals surface area contributed by atoms with Gasteiger partial charge in [-0.25, -0.2) is 11.6 Å². The van der Waals surface area contributed by atoms with Gasteiger partial charge in [-0.05, 0) is 6.92 Å². The minimum absolute atomic E-state index is 0.220. The summed E-state index contributed by atoms with van der Waals surface area (Å²) in [7, 11) is 0. The van der Waals surface area contributed by atoms with Crippen LogP contribution in [0.1, 0.15) is 39.3 Å². The van der Waals surface area contributed by atoms with Crippen LogP contribution in [0.2, 0.25) is 0 Å². The lowest BCUT2D eigenvalue weighted by Gasteiger charge is -2.34. The van der Waals surface area contributed by atoms with Crippen molar-refractivity contribution in [3.63, 3.8) is 0 Å². The first-order valence-electron chi connectivity index (χ1n) is 9.01. The molecule has 1 saturated heterocycles. The lowest BCUT2D eigenvalue weighted by molar-refractivity contribution is 0.0985. The largest absolute Gasteiger partial charge is 0.377 e. The number of nitrogens with zero attached hydrogens (tertiary/aromatic N) is 5. The average molecular weight is 355 g/mol. The Morgan fingerprint density at radius 3 is 2.85 bits per heavy atom. The maximum atomic E-state index is 7.76. The summed E-state index contributed by atoms with van der Waals surface area (Å²) in [4.78, 5) is 15.5. The summed E-state index contributed by atoms with van der Waals surface area (Å²) >= 11 is 0. The van der Waals surface area contributed by atoms with Crippen LogP contribution in [0, 0.1) is 6.57 Å². The number of nitrogens with one attached hydrogen (secondary N) is 2. The smallest absolute Gasteiger partial charge is 0.273 e. The van der Waals surface area contributed by atoms with Gasteiger partial charge < -0.3 is 19.8 Å². The first-order valence-corrected chi connectivity index (χ1v) is 9.01. The van der Waals surface area contributed by atoms with E-state index in [4.69, 9.17) is 16.3 Å². The molecule has 0 amide bonds. The Morgan fingerprint density at radius 2 is 2.23 bits per heavy atom. The predicted molar refractivity (Wildman–Crippen MR) is 100 cm³/mol. The molecule has 1 atom stereocenters. The summed E-state index contributed by atoms with van der Waals surface area (Å²) in [5.41, 5.74) is 0.112. The molecule has 2 N–H and O–H groups in total. The molecule has 0 aromatic carbocycles. The zero-order valence-electron chi connectivity index (χ0n) is 15.5. The van der Waals surface area contributed by atoms with Crippen LogP contribution in [0.4, 0.5) is 17.6 Å². The van der Waals surface area contributed by atoms with Gasteiger partial charge in [0.25, 0.3) is 5.54 Å². The fraction of sp³-hybridized carbons (Fsp3) is 0.556. The highest BCUT2D eigenvalue weighted by atomic mass is 16.5. The summed E-state index contributed by atoms with van der Waals surface area (Å²) in [5.74, 6) is 2.00. The quantitative estimate of drug-likeness (QED) is 0.775. The van der Waals surface area contributed by atoms with Gasteiger partial charge in [0.2, 0.25) is 5.95 Å². The third-order valence-corrected chi connectivity index (χ3v) is 4.98. The van der Waals surface area contributed by atoms with Crippen molar-refractivity contribution in [1.29, 1.82) is 0 Å². The molecule has 0 bridgehead atoms. The maximum Gasteiger partial charge on any atom is 0.273 e. The number of rotatable bonds is 6. The number of anilines is 3. The molecular weight excluding hydrogens is 330 g/mol. The molecule has 1 fully saturated rings. The monoisotopic (exact) mass is 355 g/mol. The second kappa shape index (κ2) is 7.70. The molecule has 26 heavy (non-hydrogen) atoms. The third-order valence-electron chi connectivity index (χ3n) is 4.98. The summed E-state index contributed by atoms with van der Waals surface area (Å²) in [6.07, 6.45) is 3.07. The van der Waals surface area contributed by atoms with E-state index in [-0.39, 0.29) is 6.04 Å². The van der Waals surface area contributed by atoms with E-state index < -0.39 is 5.54 Å². The molecular formula is C18H25N7O. The molecule has 0 aliphatic carbocycles. The van der Waals surface area contributed by atoms with E-state index >= 15 is 0 Å². The van der Waals surface area contributed by atoms with Crippen molar-refractivity contribution in [3.8, 4) is 0 Å². The molecule has 8 nitrogen and oxygen atoms in total. The van der Waals surface area contributed by atoms with Gasteiger partial charge in [-0.15, -0.1) is 0 Å². The van der Waals surface area contributed by atoms with E-state index in [1.54, 1.807) is 6.20 Å². The molecule has 0 radical (unpaired) electrons. The zero-order chi connectivity index (χ0) is 18.6. The zero-order valence-corrected chi connectivity index (χ0v) is 15.5. The van der Waals surface area contributed by atoms with Gasteiger partial charge >= 0.3 is 0 Å². The molecule has 2 aromatic rings. The van der Waals surface area contributed by atoms with Crippen molar-refractivity contribution in [1.82, 2.24) is 20.2 Å². The van der Waals surface area contributed by atoms with Crippen LogP contribution >= 0.6 is 0 Å². The van der Waals surface area contributed by atoms with Crippen molar-refractivity contribution in [2.75, 3.05) is 30.0 Å². The third kappa shape index (κ3) is 3.48. The van der Waals surface area contributed by atoms with Crippen LogP contribution in [0.3, 0.4) is 0 Å².